The fraction of sp³-hybridized carbons (Fsp3) is 0.955. The molecule has 1 atom stereocenters. The number of likely N-dealkylation sites (N-methyl/N-ethyl adjacent to an activating group) is 1. The van der Waals surface area contributed by atoms with E-state index in [0.717, 1.165) is 25.7 Å². The zero-order valence-corrected chi connectivity index (χ0v) is 17.7. The summed E-state index contributed by atoms with van der Waals surface area (Å²) in [4.78, 5) is 12.3. The molecule has 0 aromatic heterocycles. The normalized spacial score (nSPS) is 20.2. The standard InChI is InChI=1S/C22H43NO2/c1-6-7-8-9-10-11-12-14-17-22(18-15-13-16-19-22)21(2,20(24)25)23(3,4)5/h6-19H2,1-5H3. The molecule has 0 heterocycles. The number of carboxylic acids is 1. The van der Waals surface area contributed by atoms with Crippen LogP contribution in [0, 0.1) is 5.41 Å². The molecule has 1 unspecified atom stereocenters. The maximum atomic E-state index is 12.3. The fourth-order valence-electron chi connectivity index (χ4n) is 5.01. The van der Waals surface area contributed by atoms with Gasteiger partial charge in [-0.2, -0.15) is 0 Å². The van der Waals surface area contributed by atoms with Crippen LogP contribution < -0.4 is 5.11 Å². The third kappa shape index (κ3) is 5.45. The van der Waals surface area contributed by atoms with Crippen molar-refractivity contribution in [3.05, 3.63) is 0 Å². The van der Waals surface area contributed by atoms with Gasteiger partial charge in [0.1, 0.15) is 11.5 Å². The Morgan fingerprint density at radius 2 is 1.40 bits per heavy atom. The summed E-state index contributed by atoms with van der Waals surface area (Å²) in [5.41, 5.74) is -0.918. The molecule has 25 heavy (non-hydrogen) atoms. The predicted molar refractivity (Wildman–Crippen MR) is 104 cm³/mol. The minimum atomic E-state index is -0.860. The van der Waals surface area contributed by atoms with E-state index in [2.05, 4.69) is 6.92 Å². The largest absolute Gasteiger partial charge is 0.544 e. The van der Waals surface area contributed by atoms with Crippen molar-refractivity contribution in [3.8, 4) is 0 Å². The number of carboxylic acid groups (broad SMARTS) is 1. The minimum absolute atomic E-state index is 0.107. The van der Waals surface area contributed by atoms with Crippen molar-refractivity contribution in [2.45, 2.75) is 109 Å². The van der Waals surface area contributed by atoms with E-state index < -0.39 is 11.5 Å². The van der Waals surface area contributed by atoms with Crippen molar-refractivity contribution in [2.75, 3.05) is 21.1 Å². The molecule has 0 radical (unpaired) electrons. The van der Waals surface area contributed by atoms with Crippen molar-refractivity contribution < 1.29 is 14.4 Å². The molecule has 0 bridgehead atoms. The molecule has 0 aliphatic heterocycles. The number of carbonyl (C=O) groups excluding carboxylic acids is 1. The molecule has 0 amide bonds. The molecule has 0 N–H and O–H groups in total. The summed E-state index contributed by atoms with van der Waals surface area (Å²) < 4.78 is 0.451. The second kappa shape index (κ2) is 9.94. The highest BCUT2D eigenvalue weighted by atomic mass is 16.4. The van der Waals surface area contributed by atoms with Gasteiger partial charge in [-0.05, 0) is 26.2 Å². The Hall–Kier alpha value is -0.570. The van der Waals surface area contributed by atoms with Crippen LogP contribution in [0.15, 0.2) is 0 Å². The maximum Gasteiger partial charge on any atom is 0.141 e. The minimum Gasteiger partial charge on any atom is -0.544 e. The second-order valence-corrected chi connectivity index (χ2v) is 9.44. The Kier molecular flexibility index (Phi) is 8.94. The van der Waals surface area contributed by atoms with Gasteiger partial charge in [-0.25, -0.2) is 0 Å². The summed E-state index contributed by atoms with van der Waals surface area (Å²) in [5.74, 6) is -0.860. The molecule has 3 nitrogen and oxygen atoms in total. The smallest absolute Gasteiger partial charge is 0.141 e. The molecule has 1 rings (SSSR count). The number of unbranched alkanes of at least 4 members (excludes halogenated alkanes) is 7. The first-order valence-electron chi connectivity index (χ1n) is 10.7. The average Bonchev–Trinajstić information content (AvgIpc) is 2.56. The van der Waals surface area contributed by atoms with E-state index in [4.69, 9.17) is 0 Å². The third-order valence-electron chi connectivity index (χ3n) is 7.09. The van der Waals surface area contributed by atoms with Crippen molar-refractivity contribution in [3.63, 3.8) is 0 Å². The molecule has 1 aliphatic rings. The molecule has 1 fully saturated rings. The quantitative estimate of drug-likeness (QED) is 0.377. The molecule has 0 aromatic rings. The number of aliphatic carboxylic acids is 1. The van der Waals surface area contributed by atoms with Gasteiger partial charge in [-0.3, -0.25) is 0 Å². The summed E-state index contributed by atoms with van der Waals surface area (Å²) in [7, 11) is 6.08. The average molecular weight is 354 g/mol. The van der Waals surface area contributed by atoms with Crippen molar-refractivity contribution in [1.82, 2.24) is 0 Å². The lowest BCUT2D eigenvalue weighted by atomic mass is 9.58. The number of hydrogen-bond donors (Lipinski definition) is 0. The van der Waals surface area contributed by atoms with E-state index >= 15 is 0 Å². The Morgan fingerprint density at radius 3 is 1.84 bits per heavy atom. The Morgan fingerprint density at radius 1 is 0.920 bits per heavy atom. The molecule has 148 valence electrons. The zero-order valence-electron chi connectivity index (χ0n) is 17.7. The Balaban J connectivity index is 2.68. The van der Waals surface area contributed by atoms with Crippen LogP contribution in [0.1, 0.15) is 104 Å². The number of carbonyl (C=O) groups is 1. The van der Waals surface area contributed by atoms with Gasteiger partial charge in [0.15, 0.2) is 0 Å². The highest BCUT2D eigenvalue weighted by Crippen LogP contribution is 2.52. The van der Waals surface area contributed by atoms with Crippen LogP contribution >= 0.6 is 0 Å². The Labute approximate surface area is 156 Å². The van der Waals surface area contributed by atoms with Crippen LogP contribution in [0.4, 0.5) is 0 Å². The van der Waals surface area contributed by atoms with Crippen molar-refractivity contribution in [2.24, 2.45) is 5.41 Å². The Bertz CT molecular complexity index is 393. The number of quaternary nitrogens is 1. The van der Waals surface area contributed by atoms with E-state index in [1.807, 2.05) is 28.1 Å². The summed E-state index contributed by atoms with van der Waals surface area (Å²) in [6, 6.07) is 0. The van der Waals surface area contributed by atoms with Crippen LogP contribution in [-0.2, 0) is 4.79 Å². The summed E-state index contributed by atoms with van der Waals surface area (Å²) >= 11 is 0. The molecule has 1 aliphatic carbocycles. The van der Waals surface area contributed by atoms with Crippen LogP contribution in [0.25, 0.3) is 0 Å². The van der Waals surface area contributed by atoms with E-state index in [-0.39, 0.29) is 5.41 Å². The van der Waals surface area contributed by atoms with Gasteiger partial charge in [0, 0.05) is 5.41 Å². The lowest BCUT2D eigenvalue weighted by molar-refractivity contribution is -0.923. The van der Waals surface area contributed by atoms with E-state index in [9.17, 15) is 9.90 Å². The van der Waals surface area contributed by atoms with Crippen LogP contribution in [0.3, 0.4) is 0 Å². The lowest BCUT2D eigenvalue weighted by Crippen LogP contribution is -2.72. The summed E-state index contributed by atoms with van der Waals surface area (Å²) in [6.07, 6.45) is 17.1. The molecule has 0 saturated heterocycles. The maximum absolute atomic E-state index is 12.3. The SMILES string of the molecule is CCCCCCCCCCC1(C(C)(C(=O)[O-])[N+](C)(C)C)CCCCC1. The first-order chi connectivity index (χ1) is 11.7. The molecule has 3 heteroatoms. The number of nitrogens with zero attached hydrogens (tertiary/aromatic N) is 1. The molecular weight excluding hydrogens is 310 g/mol. The zero-order chi connectivity index (χ0) is 19.0. The van der Waals surface area contributed by atoms with Gasteiger partial charge in [0.05, 0.1) is 21.1 Å². The van der Waals surface area contributed by atoms with E-state index in [0.29, 0.717) is 4.48 Å². The summed E-state index contributed by atoms with van der Waals surface area (Å²) in [6.45, 7) is 4.21. The lowest BCUT2D eigenvalue weighted by Gasteiger charge is -2.57. The second-order valence-electron chi connectivity index (χ2n) is 9.44. The van der Waals surface area contributed by atoms with E-state index in [1.54, 1.807) is 0 Å². The van der Waals surface area contributed by atoms with Crippen LogP contribution in [0.5, 0.6) is 0 Å². The molecule has 1 saturated carbocycles. The summed E-state index contributed by atoms with van der Waals surface area (Å²) in [5, 5.41) is 12.3. The van der Waals surface area contributed by atoms with Gasteiger partial charge < -0.3 is 14.4 Å². The monoisotopic (exact) mass is 353 g/mol. The topological polar surface area (TPSA) is 40.1 Å². The molecule has 0 spiro atoms. The van der Waals surface area contributed by atoms with Gasteiger partial charge in [0.2, 0.25) is 0 Å². The van der Waals surface area contributed by atoms with Gasteiger partial charge in [0.25, 0.3) is 0 Å². The van der Waals surface area contributed by atoms with Gasteiger partial charge in [-0.1, -0.05) is 77.6 Å². The molecule has 0 aromatic carbocycles. The predicted octanol–water partition coefficient (Wildman–Crippen LogP) is 4.68. The highest BCUT2D eigenvalue weighted by molar-refractivity contribution is 5.76. The van der Waals surface area contributed by atoms with E-state index in [1.165, 1.54) is 64.2 Å². The van der Waals surface area contributed by atoms with Crippen molar-refractivity contribution >= 4 is 5.97 Å². The third-order valence-corrected chi connectivity index (χ3v) is 7.09. The van der Waals surface area contributed by atoms with Gasteiger partial charge >= 0.3 is 0 Å². The first kappa shape index (κ1) is 22.5. The first-order valence-corrected chi connectivity index (χ1v) is 10.7. The highest BCUT2D eigenvalue weighted by Gasteiger charge is 2.57. The number of rotatable bonds is 12. The van der Waals surface area contributed by atoms with Crippen molar-refractivity contribution in [1.29, 1.82) is 0 Å². The fourth-order valence-corrected chi connectivity index (χ4v) is 5.01. The van der Waals surface area contributed by atoms with Gasteiger partial charge in [-0.15, -0.1) is 0 Å². The van der Waals surface area contributed by atoms with Crippen LogP contribution in [0.2, 0.25) is 0 Å². The molecular formula is C22H43NO2. The number of hydrogen-bond acceptors (Lipinski definition) is 2. The van der Waals surface area contributed by atoms with Crippen LogP contribution in [-0.4, -0.2) is 37.1 Å².